The minimum Gasteiger partial charge on any atom is -0.303 e. The fourth-order valence-corrected chi connectivity index (χ4v) is 7.26. The zero-order valence-electron chi connectivity index (χ0n) is 21.2. The first kappa shape index (κ1) is 27.7. The van der Waals surface area contributed by atoms with Crippen LogP contribution in [0, 0.1) is 12.8 Å². The number of carbonyl (C=O) groups is 1. The van der Waals surface area contributed by atoms with Crippen LogP contribution in [0.1, 0.15) is 34.6 Å². The number of aryl methyl sites for hydroxylation is 1. The summed E-state index contributed by atoms with van der Waals surface area (Å²) >= 11 is 7.01. The summed E-state index contributed by atoms with van der Waals surface area (Å²) in [6.07, 6.45) is 3.44. The molecule has 5 rings (SSSR count). The van der Waals surface area contributed by atoms with E-state index in [1.54, 1.807) is 24.3 Å². The fourth-order valence-electron chi connectivity index (χ4n) is 5.36. The number of nitrogens with one attached hydrogen (secondary N) is 1. The first-order valence-electron chi connectivity index (χ1n) is 12.6. The average molecular weight is 665 g/mol. The lowest BCUT2D eigenvalue weighted by Crippen LogP contribution is -2.53. The first-order chi connectivity index (χ1) is 18.7. The number of aldehydes is 1. The molecule has 3 atom stereocenters. The Morgan fingerprint density at radius 3 is 2.00 bits per heavy atom. The summed E-state index contributed by atoms with van der Waals surface area (Å²) in [6, 6.07) is 32.1. The lowest BCUT2D eigenvalue weighted by molar-refractivity contribution is -0.113. The molecule has 0 unspecified atom stereocenters. The lowest BCUT2D eigenvalue weighted by Gasteiger charge is -2.45. The standard InChI is InChI=1S/C32H27Br2NO3S/c1-22-7-17-29(18-8-22)39(37,38)35-32(26-11-15-28(34)16-12-26)20-25(23-9-13-27(33)14-10-23)19-30(31(32)21-36)24-5-3-2-4-6-24/h2-18,20-21,30-31,35H,19H2,1H3/t30-,31-,32-/m1/s1. The fraction of sp³-hybridized carbons (Fsp3) is 0.156. The quantitative estimate of drug-likeness (QED) is 0.205. The highest BCUT2D eigenvalue weighted by Gasteiger charge is 2.49. The molecule has 0 aromatic heterocycles. The van der Waals surface area contributed by atoms with E-state index in [4.69, 9.17) is 0 Å². The number of hydrogen-bond acceptors (Lipinski definition) is 3. The van der Waals surface area contributed by atoms with Gasteiger partial charge < -0.3 is 4.79 Å². The van der Waals surface area contributed by atoms with Gasteiger partial charge in [-0.2, -0.15) is 4.72 Å². The van der Waals surface area contributed by atoms with Crippen molar-refractivity contribution in [2.75, 3.05) is 0 Å². The number of sulfonamides is 1. The van der Waals surface area contributed by atoms with E-state index in [2.05, 4.69) is 36.6 Å². The molecule has 4 aromatic carbocycles. The van der Waals surface area contributed by atoms with Crippen LogP contribution in [0.4, 0.5) is 0 Å². The third-order valence-electron chi connectivity index (χ3n) is 7.35. The topological polar surface area (TPSA) is 63.2 Å². The third kappa shape index (κ3) is 5.73. The Morgan fingerprint density at radius 1 is 0.821 bits per heavy atom. The molecule has 4 aromatic rings. The summed E-state index contributed by atoms with van der Waals surface area (Å²) in [5.74, 6) is -0.975. The van der Waals surface area contributed by atoms with Gasteiger partial charge in [-0.05, 0) is 77.9 Å². The van der Waals surface area contributed by atoms with Gasteiger partial charge in [0.2, 0.25) is 10.0 Å². The highest BCUT2D eigenvalue weighted by Crippen LogP contribution is 2.50. The van der Waals surface area contributed by atoms with E-state index in [9.17, 15) is 13.2 Å². The Hall–Kier alpha value is -2.84. The monoisotopic (exact) mass is 663 g/mol. The highest BCUT2D eigenvalue weighted by molar-refractivity contribution is 9.10. The maximum absolute atomic E-state index is 14.0. The van der Waals surface area contributed by atoms with Gasteiger partial charge in [-0.15, -0.1) is 0 Å². The molecular formula is C32H27Br2NO3S. The maximum Gasteiger partial charge on any atom is 0.241 e. The van der Waals surface area contributed by atoms with Crippen LogP contribution in [0.15, 0.2) is 123 Å². The Bertz CT molecular complexity index is 1600. The van der Waals surface area contributed by atoms with Gasteiger partial charge in [-0.25, -0.2) is 8.42 Å². The summed E-state index contributed by atoms with van der Waals surface area (Å²) in [5, 5.41) is 0. The van der Waals surface area contributed by atoms with Crippen molar-refractivity contribution in [1.29, 1.82) is 0 Å². The summed E-state index contributed by atoms with van der Waals surface area (Å²) in [4.78, 5) is 13.2. The van der Waals surface area contributed by atoms with E-state index < -0.39 is 21.5 Å². The van der Waals surface area contributed by atoms with Crippen LogP contribution in [0.3, 0.4) is 0 Å². The van der Waals surface area contributed by atoms with E-state index in [0.717, 1.165) is 37.5 Å². The Balaban J connectivity index is 1.78. The molecule has 0 fully saturated rings. The summed E-state index contributed by atoms with van der Waals surface area (Å²) in [6.45, 7) is 1.91. The first-order valence-corrected chi connectivity index (χ1v) is 15.6. The van der Waals surface area contributed by atoms with Crippen LogP contribution in [0.5, 0.6) is 0 Å². The molecule has 198 valence electrons. The molecule has 39 heavy (non-hydrogen) atoms. The van der Waals surface area contributed by atoms with Gasteiger partial charge in [0.05, 0.1) is 10.4 Å². The van der Waals surface area contributed by atoms with Crippen molar-refractivity contribution in [1.82, 2.24) is 4.72 Å². The van der Waals surface area contributed by atoms with Crippen LogP contribution >= 0.6 is 31.9 Å². The van der Waals surface area contributed by atoms with Crippen LogP contribution in [-0.4, -0.2) is 14.7 Å². The second-order valence-electron chi connectivity index (χ2n) is 9.85. The van der Waals surface area contributed by atoms with Crippen LogP contribution in [-0.2, 0) is 20.4 Å². The normalized spacial score (nSPS) is 21.3. The number of halogens is 2. The Labute approximate surface area is 246 Å². The Morgan fingerprint density at radius 2 is 1.41 bits per heavy atom. The van der Waals surface area contributed by atoms with Gasteiger partial charge in [-0.3, -0.25) is 0 Å². The number of hydrogen-bond donors (Lipinski definition) is 1. The molecule has 0 amide bonds. The van der Waals surface area contributed by atoms with Crippen LogP contribution in [0.2, 0.25) is 0 Å². The molecule has 0 saturated heterocycles. The molecule has 0 bridgehead atoms. The largest absolute Gasteiger partial charge is 0.303 e. The lowest BCUT2D eigenvalue weighted by atomic mass is 9.64. The van der Waals surface area contributed by atoms with Crippen molar-refractivity contribution < 1.29 is 13.2 Å². The van der Waals surface area contributed by atoms with Crippen molar-refractivity contribution in [3.8, 4) is 0 Å². The van der Waals surface area contributed by atoms with E-state index in [1.807, 2.05) is 91.9 Å². The molecule has 0 spiro atoms. The summed E-state index contributed by atoms with van der Waals surface area (Å²) in [7, 11) is -4.03. The van der Waals surface area contributed by atoms with Crippen LogP contribution < -0.4 is 4.72 Å². The number of rotatable bonds is 7. The number of benzene rings is 4. The molecule has 4 nitrogen and oxygen atoms in total. The number of allylic oxidation sites excluding steroid dienone is 1. The molecular weight excluding hydrogens is 638 g/mol. The van der Waals surface area contributed by atoms with E-state index >= 15 is 0 Å². The second kappa shape index (κ2) is 11.3. The molecule has 0 radical (unpaired) electrons. The molecule has 1 aliphatic rings. The van der Waals surface area contributed by atoms with Crippen LogP contribution in [0.25, 0.3) is 5.57 Å². The molecule has 0 aliphatic heterocycles. The molecule has 0 saturated carbocycles. The third-order valence-corrected chi connectivity index (χ3v) is 9.90. The van der Waals surface area contributed by atoms with Crippen molar-refractivity contribution in [3.63, 3.8) is 0 Å². The van der Waals surface area contributed by atoms with Gasteiger partial charge in [0.1, 0.15) is 6.29 Å². The maximum atomic E-state index is 14.0. The number of carbonyl (C=O) groups excluding carboxylic acids is 1. The molecule has 7 heteroatoms. The van der Waals surface area contributed by atoms with Gasteiger partial charge in [0.15, 0.2) is 0 Å². The van der Waals surface area contributed by atoms with Gasteiger partial charge >= 0.3 is 0 Å². The summed E-state index contributed by atoms with van der Waals surface area (Å²) in [5.41, 5.74) is 3.22. The minimum atomic E-state index is -4.03. The SMILES string of the molecule is Cc1ccc(S(=O)(=O)N[C@@]2(c3ccc(Br)cc3)C=C(c3ccc(Br)cc3)C[C@H](c3ccccc3)[C@H]2C=O)cc1. The van der Waals surface area contributed by atoms with E-state index in [-0.39, 0.29) is 10.8 Å². The minimum absolute atomic E-state index is 0.148. The molecule has 1 aliphatic carbocycles. The Kier molecular flexibility index (Phi) is 8.06. The van der Waals surface area contributed by atoms with Gasteiger partial charge in [0.25, 0.3) is 0 Å². The van der Waals surface area contributed by atoms with Gasteiger partial charge in [-0.1, -0.05) is 110 Å². The zero-order valence-corrected chi connectivity index (χ0v) is 25.2. The van der Waals surface area contributed by atoms with Crippen molar-refractivity contribution in [2.45, 2.75) is 29.7 Å². The predicted molar refractivity (Wildman–Crippen MR) is 163 cm³/mol. The van der Waals surface area contributed by atoms with Gasteiger partial charge in [0, 0.05) is 14.9 Å². The predicted octanol–water partition coefficient (Wildman–Crippen LogP) is 7.78. The van der Waals surface area contributed by atoms with Crippen molar-refractivity contribution in [2.24, 2.45) is 5.92 Å². The summed E-state index contributed by atoms with van der Waals surface area (Å²) < 4.78 is 32.8. The van der Waals surface area contributed by atoms with Crippen molar-refractivity contribution >= 4 is 53.7 Å². The zero-order chi connectivity index (χ0) is 27.6. The van der Waals surface area contributed by atoms with Crippen molar-refractivity contribution in [3.05, 3.63) is 140 Å². The molecule has 1 N–H and O–H groups in total. The smallest absolute Gasteiger partial charge is 0.241 e. The molecule has 0 heterocycles. The highest BCUT2D eigenvalue weighted by atomic mass is 79.9. The van der Waals surface area contributed by atoms with E-state index in [0.29, 0.717) is 12.0 Å². The van der Waals surface area contributed by atoms with E-state index in [1.165, 1.54) is 0 Å². The second-order valence-corrected chi connectivity index (χ2v) is 13.4. The average Bonchev–Trinajstić information content (AvgIpc) is 2.94.